The predicted molar refractivity (Wildman–Crippen MR) is 99.1 cm³/mol. The Balaban J connectivity index is 1.64. The van der Waals surface area contributed by atoms with Crippen molar-refractivity contribution >= 4 is 5.91 Å². The maximum atomic E-state index is 12.4. The monoisotopic (exact) mass is 405 g/mol. The van der Waals surface area contributed by atoms with Gasteiger partial charge in [-0.2, -0.15) is 5.10 Å². The van der Waals surface area contributed by atoms with E-state index < -0.39 is 18.3 Å². The maximum absolute atomic E-state index is 12.4. The fourth-order valence-corrected chi connectivity index (χ4v) is 2.64. The summed E-state index contributed by atoms with van der Waals surface area (Å²) < 4.78 is 47.2. The molecule has 0 fully saturated rings. The summed E-state index contributed by atoms with van der Waals surface area (Å²) in [6.45, 7) is 1.72. The number of carbonyl (C=O) groups is 1. The molecular weight excluding hydrogens is 387 g/mol. The number of amides is 1. The third kappa shape index (κ3) is 5.28. The second-order valence-corrected chi connectivity index (χ2v) is 6.16. The standard InChI is InChI=1S/C20H18F3N3O3/c1-13(14-3-7-17(8-4-14)29-20(21,22)23)24-19(27)18-11-12-26(25-18)15-5-9-16(28-2)10-6-15/h3-13H,1-2H3,(H,24,27). The second-order valence-electron chi connectivity index (χ2n) is 6.16. The van der Waals surface area contributed by atoms with E-state index in [4.69, 9.17) is 4.74 Å². The summed E-state index contributed by atoms with van der Waals surface area (Å²) in [6.07, 6.45) is -3.09. The first-order valence-corrected chi connectivity index (χ1v) is 8.62. The van der Waals surface area contributed by atoms with Crippen molar-refractivity contribution in [1.29, 1.82) is 0 Å². The molecule has 1 N–H and O–H groups in total. The molecule has 2 aromatic carbocycles. The lowest BCUT2D eigenvalue weighted by Gasteiger charge is -2.14. The number of ether oxygens (including phenoxy) is 2. The van der Waals surface area contributed by atoms with Crippen LogP contribution in [0.25, 0.3) is 5.69 Å². The number of nitrogens with one attached hydrogen (secondary N) is 1. The number of hydrogen-bond donors (Lipinski definition) is 1. The molecule has 6 nitrogen and oxygen atoms in total. The van der Waals surface area contributed by atoms with Gasteiger partial charge in [0.05, 0.1) is 18.8 Å². The summed E-state index contributed by atoms with van der Waals surface area (Å²) in [6, 6.07) is 13.6. The molecule has 0 saturated carbocycles. The van der Waals surface area contributed by atoms with Gasteiger partial charge in [-0.3, -0.25) is 4.79 Å². The van der Waals surface area contributed by atoms with Crippen LogP contribution in [0.5, 0.6) is 11.5 Å². The molecule has 1 unspecified atom stereocenters. The van der Waals surface area contributed by atoms with Gasteiger partial charge in [0.25, 0.3) is 5.91 Å². The Hall–Kier alpha value is -3.49. The minimum atomic E-state index is -4.75. The largest absolute Gasteiger partial charge is 0.573 e. The molecule has 0 spiro atoms. The van der Waals surface area contributed by atoms with Gasteiger partial charge in [-0.05, 0) is 55.0 Å². The van der Waals surface area contributed by atoms with Crippen molar-refractivity contribution in [3.8, 4) is 17.2 Å². The van der Waals surface area contributed by atoms with E-state index in [9.17, 15) is 18.0 Å². The highest BCUT2D eigenvalue weighted by molar-refractivity contribution is 5.92. The summed E-state index contributed by atoms with van der Waals surface area (Å²) in [5.74, 6) is -0.0160. The highest BCUT2D eigenvalue weighted by Crippen LogP contribution is 2.24. The van der Waals surface area contributed by atoms with Gasteiger partial charge in [0.1, 0.15) is 11.5 Å². The van der Waals surface area contributed by atoms with Crippen molar-refractivity contribution in [2.24, 2.45) is 0 Å². The van der Waals surface area contributed by atoms with Gasteiger partial charge >= 0.3 is 6.36 Å². The van der Waals surface area contributed by atoms with E-state index in [2.05, 4.69) is 15.2 Å². The van der Waals surface area contributed by atoms with Gasteiger partial charge in [-0.1, -0.05) is 12.1 Å². The van der Waals surface area contributed by atoms with Crippen molar-refractivity contribution in [3.05, 3.63) is 72.1 Å². The molecule has 1 aromatic heterocycles. The molecule has 0 aliphatic rings. The van der Waals surface area contributed by atoms with Crippen molar-refractivity contribution < 1.29 is 27.4 Å². The van der Waals surface area contributed by atoms with Gasteiger partial charge in [0, 0.05) is 6.20 Å². The zero-order chi connectivity index (χ0) is 21.0. The van der Waals surface area contributed by atoms with E-state index in [0.29, 0.717) is 11.3 Å². The molecule has 3 rings (SSSR count). The smallest absolute Gasteiger partial charge is 0.497 e. The Morgan fingerprint density at radius 1 is 1.03 bits per heavy atom. The summed E-state index contributed by atoms with van der Waals surface area (Å²) >= 11 is 0. The minimum Gasteiger partial charge on any atom is -0.497 e. The van der Waals surface area contributed by atoms with E-state index >= 15 is 0 Å². The maximum Gasteiger partial charge on any atom is 0.573 e. The Morgan fingerprint density at radius 3 is 2.24 bits per heavy atom. The lowest BCUT2D eigenvalue weighted by Crippen LogP contribution is -2.27. The quantitative estimate of drug-likeness (QED) is 0.665. The first kappa shape index (κ1) is 20.2. The van der Waals surface area contributed by atoms with Crippen molar-refractivity contribution in [2.45, 2.75) is 19.3 Å². The van der Waals surface area contributed by atoms with Crippen LogP contribution in [-0.4, -0.2) is 29.2 Å². The zero-order valence-corrected chi connectivity index (χ0v) is 15.6. The van der Waals surface area contributed by atoms with Gasteiger partial charge < -0.3 is 14.8 Å². The summed E-state index contributed by atoms with van der Waals surface area (Å²) in [7, 11) is 1.57. The molecular formula is C20H18F3N3O3. The van der Waals surface area contributed by atoms with Crippen molar-refractivity contribution in [2.75, 3.05) is 7.11 Å². The molecule has 1 heterocycles. The number of alkyl halides is 3. The highest BCUT2D eigenvalue weighted by Gasteiger charge is 2.31. The molecule has 0 aliphatic heterocycles. The van der Waals surface area contributed by atoms with Crippen LogP contribution in [0.15, 0.2) is 60.8 Å². The molecule has 1 amide bonds. The first-order chi connectivity index (χ1) is 13.7. The first-order valence-electron chi connectivity index (χ1n) is 8.62. The lowest BCUT2D eigenvalue weighted by molar-refractivity contribution is -0.274. The topological polar surface area (TPSA) is 65.4 Å². The van der Waals surface area contributed by atoms with Gasteiger partial charge in [0.2, 0.25) is 0 Å². The molecule has 0 bridgehead atoms. The predicted octanol–water partition coefficient (Wildman–Crippen LogP) is 4.27. The Bertz CT molecular complexity index is 967. The van der Waals surface area contributed by atoms with Gasteiger partial charge in [-0.15, -0.1) is 13.2 Å². The van der Waals surface area contributed by atoms with E-state index in [1.165, 1.54) is 24.3 Å². The zero-order valence-electron chi connectivity index (χ0n) is 15.6. The molecule has 1 atom stereocenters. The lowest BCUT2D eigenvalue weighted by atomic mass is 10.1. The average molecular weight is 405 g/mol. The van der Waals surface area contributed by atoms with Crippen molar-refractivity contribution in [1.82, 2.24) is 15.1 Å². The number of nitrogens with zero attached hydrogens (tertiary/aromatic N) is 2. The normalized spacial score (nSPS) is 12.3. The Kier molecular flexibility index (Phi) is 5.76. The van der Waals surface area contributed by atoms with Gasteiger partial charge in [0.15, 0.2) is 5.69 Å². The van der Waals surface area contributed by atoms with E-state index in [1.54, 1.807) is 55.2 Å². The third-order valence-electron chi connectivity index (χ3n) is 4.12. The molecule has 152 valence electrons. The number of halogens is 3. The van der Waals surface area contributed by atoms with Crippen molar-refractivity contribution in [3.63, 3.8) is 0 Å². The van der Waals surface area contributed by atoms with E-state index in [1.807, 2.05) is 0 Å². The number of benzene rings is 2. The number of hydrogen-bond acceptors (Lipinski definition) is 4. The summed E-state index contributed by atoms with van der Waals surface area (Å²) in [5.41, 5.74) is 1.60. The van der Waals surface area contributed by atoms with Crippen LogP contribution in [0, 0.1) is 0 Å². The fraction of sp³-hybridized carbons (Fsp3) is 0.200. The molecule has 9 heteroatoms. The van der Waals surface area contributed by atoms with Crippen LogP contribution >= 0.6 is 0 Å². The molecule has 0 aliphatic carbocycles. The van der Waals surface area contributed by atoms with Gasteiger partial charge in [-0.25, -0.2) is 4.68 Å². The van der Waals surface area contributed by atoms with E-state index in [0.717, 1.165) is 5.69 Å². The summed E-state index contributed by atoms with van der Waals surface area (Å²) in [5, 5.41) is 7.02. The molecule has 0 radical (unpaired) electrons. The molecule has 29 heavy (non-hydrogen) atoms. The van der Waals surface area contributed by atoms with Crippen LogP contribution in [0.4, 0.5) is 13.2 Å². The summed E-state index contributed by atoms with van der Waals surface area (Å²) in [4.78, 5) is 12.4. The number of rotatable bonds is 6. The second kappa shape index (κ2) is 8.26. The molecule has 0 saturated heterocycles. The highest BCUT2D eigenvalue weighted by atomic mass is 19.4. The van der Waals surface area contributed by atoms with Crippen LogP contribution in [0.2, 0.25) is 0 Å². The third-order valence-corrected chi connectivity index (χ3v) is 4.12. The van der Waals surface area contributed by atoms with E-state index in [-0.39, 0.29) is 11.4 Å². The Morgan fingerprint density at radius 2 is 1.66 bits per heavy atom. The van der Waals surface area contributed by atoms with Crippen LogP contribution in [0.1, 0.15) is 29.0 Å². The SMILES string of the molecule is COc1ccc(-n2ccc(C(=O)NC(C)c3ccc(OC(F)(F)F)cc3)n2)cc1. The number of carbonyl (C=O) groups excluding carboxylic acids is 1. The van der Waals surface area contributed by atoms with Crippen LogP contribution < -0.4 is 14.8 Å². The number of aromatic nitrogens is 2. The number of methoxy groups -OCH3 is 1. The van der Waals surface area contributed by atoms with Crippen LogP contribution in [0.3, 0.4) is 0 Å². The fourth-order valence-electron chi connectivity index (χ4n) is 2.64. The average Bonchev–Trinajstić information content (AvgIpc) is 3.17. The Labute approximate surface area is 164 Å². The van der Waals surface area contributed by atoms with Crippen LogP contribution in [-0.2, 0) is 0 Å². The minimum absolute atomic E-state index is 0.213. The molecule has 3 aromatic rings.